The molecule has 0 radical (unpaired) electrons. The summed E-state index contributed by atoms with van der Waals surface area (Å²) in [5.41, 5.74) is 0.566. The first-order valence-corrected chi connectivity index (χ1v) is 9.35. The highest BCUT2D eigenvalue weighted by Crippen LogP contribution is 2.29. The van der Waals surface area contributed by atoms with Gasteiger partial charge in [0.15, 0.2) is 5.82 Å². The maximum atomic E-state index is 12.8. The number of alkyl halides is 2. The number of halogens is 3. The second kappa shape index (κ2) is 8.15. The van der Waals surface area contributed by atoms with E-state index in [1.807, 2.05) is 0 Å². The second-order valence-corrected chi connectivity index (χ2v) is 6.93. The second-order valence-electron chi connectivity index (χ2n) is 6.49. The van der Waals surface area contributed by atoms with Crippen molar-refractivity contribution in [1.82, 2.24) is 24.5 Å². The highest BCUT2D eigenvalue weighted by molar-refractivity contribution is 6.31. The van der Waals surface area contributed by atoms with E-state index in [0.717, 1.165) is 6.34 Å². The van der Waals surface area contributed by atoms with Crippen LogP contribution in [0.5, 0.6) is 0 Å². The summed E-state index contributed by atoms with van der Waals surface area (Å²) in [6, 6.07) is 9.49. The van der Waals surface area contributed by atoms with Gasteiger partial charge in [-0.3, -0.25) is 20.4 Å². The van der Waals surface area contributed by atoms with E-state index in [1.54, 1.807) is 36.2 Å². The fourth-order valence-electron chi connectivity index (χ4n) is 3.06. The minimum atomic E-state index is -2.65. The van der Waals surface area contributed by atoms with E-state index in [2.05, 4.69) is 19.9 Å². The zero-order valence-corrected chi connectivity index (χ0v) is 16.8. The predicted octanol–water partition coefficient (Wildman–Crippen LogP) is 4.18. The lowest BCUT2D eigenvalue weighted by atomic mass is 10.2. The lowest BCUT2D eigenvalue weighted by Gasteiger charge is -2.20. The van der Waals surface area contributed by atoms with Gasteiger partial charge in [-0.1, -0.05) is 11.6 Å². The van der Waals surface area contributed by atoms with Crippen LogP contribution in [0.2, 0.25) is 5.02 Å². The number of pyridine rings is 1. The minimum Gasteiger partial charge on any atom is -0.313 e. The van der Waals surface area contributed by atoms with E-state index < -0.39 is 6.43 Å². The van der Waals surface area contributed by atoms with Crippen molar-refractivity contribution >= 4 is 40.5 Å². The normalized spacial score (nSPS) is 11.1. The zero-order chi connectivity index (χ0) is 22.1. The molecule has 0 saturated heterocycles. The molecule has 0 fully saturated rings. The first-order valence-electron chi connectivity index (χ1n) is 8.97. The van der Waals surface area contributed by atoms with Gasteiger partial charge in [-0.05, 0) is 36.4 Å². The van der Waals surface area contributed by atoms with Crippen LogP contribution in [0.4, 0.5) is 20.4 Å². The van der Waals surface area contributed by atoms with Gasteiger partial charge >= 0.3 is 0 Å². The molecule has 2 N–H and O–H groups in total. The van der Waals surface area contributed by atoms with E-state index in [4.69, 9.17) is 22.4 Å². The molecule has 0 amide bonds. The summed E-state index contributed by atoms with van der Waals surface area (Å²) >= 11 is 6.11. The number of aromatic nitrogens is 5. The summed E-state index contributed by atoms with van der Waals surface area (Å²) in [5.74, 6) is 1.21. The number of hydrogen-bond acceptors (Lipinski definition) is 7. The average Bonchev–Trinajstić information content (AvgIpc) is 2.78. The molecule has 0 spiro atoms. The van der Waals surface area contributed by atoms with Crippen molar-refractivity contribution in [2.24, 2.45) is 0 Å². The molecule has 0 atom stereocenters. The average molecular weight is 441 g/mol. The molecule has 1 aromatic carbocycles. The zero-order valence-electron chi connectivity index (χ0n) is 16.1. The Labute approximate surface area is 179 Å². The minimum absolute atomic E-state index is 0.146. The number of fused-ring (bicyclic) bond motifs is 1. The Morgan fingerprint density at radius 2 is 1.94 bits per heavy atom. The van der Waals surface area contributed by atoms with Gasteiger partial charge in [0, 0.05) is 35.4 Å². The van der Waals surface area contributed by atoms with Crippen molar-refractivity contribution in [3.63, 3.8) is 0 Å². The van der Waals surface area contributed by atoms with Crippen molar-refractivity contribution in [2.45, 2.75) is 6.43 Å². The first kappa shape index (κ1) is 20.5. The molecule has 8 nitrogen and oxygen atoms in total. The smallest absolute Gasteiger partial charge is 0.280 e. The van der Waals surface area contributed by atoms with Crippen LogP contribution in [-0.2, 0) is 0 Å². The molecule has 0 bridgehead atoms. The molecule has 156 valence electrons. The Morgan fingerprint density at radius 3 is 2.61 bits per heavy atom. The summed E-state index contributed by atoms with van der Waals surface area (Å²) in [5, 5.41) is 16.9. The molecule has 0 unspecified atom stereocenters. The van der Waals surface area contributed by atoms with Gasteiger partial charge in [-0.15, -0.1) is 0 Å². The van der Waals surface area contributed by atoms with Crippen LogP contribution in [0.15, 0.2) is 48.8 Å². The lowest BCUT2D eigenvalue weighted by Crippen LogP contribution is -2.26. The van der Waals surface area contributed by atoms with Crippen LogP contribution in [-0.4, -0.2) is 37.9 Å². The number of benzene rings is 1. The van der Waals surface area contributed by atoms with Crippen LogP contribution >= 0.6 is 11.6 Å². The van der Waals surface area contributed by atoms with Crippen LogP contribution in [0.25, 0.3) is 22.3 Å². The summed E-state index contributed by atoms with van der Waals surface area (Å²) in [4.78, 5) is 18.4. The molecule has 3 aromatic heterocycles. The van der Waals surface area contributed by atoms with E-state index in [9.17, 15) is 8.78 Å². The highest BCUT2D eigenvalue weighted by atomic mass is 35.5. The van der Waals surface area contributed by atoms with E-state index in [1.165, 1.54) is 29.1 Å². The Hall–Kier alpha value is -3.79. The van der Waals surface area contributed by atoms with E-state index in [0.29, 0.717) is 38.9 Å². The Bertz CT molecular complexity index is 1340. The maximum absolute atomic E-state index is 12.8. The number of anilines is 2. The topological polar surface area (TPSA) is 107 Å². The lowest BCUT2D eigenvalue weighted by molar-refractivity contribution is 0.146. The fourth-order valence-corrected chi connectivity index (χ4v) is 3.22. The predicted molar refractivity (Wildman–Crippen MR) is 113 cm³/mol. The number of hydrogen-bond donors (Lipinski definition) is 2. The quantitative estimate of drug-likeness (QED) is 0.357. The van der Waals surface area contributed by atoms with Crippen molar-refractivity contribution in [1.29, 1.82) is 10.8 Å². The molecular formula is C20H15ClF2N8. The molecule has 0 aliphatic rings. The van der Waals surface area contributed by atoms with Crippen LogP contribution in [0.3, 0.4) is 0 Å². The van der Waals surface area contributed by atoms with Gasteiger partial charge in [0.25, 0.3) is 6.43 Å². The summed E-state index contributed by atoms with van der Waals surface area (Å²) < 4.78 is 26.8. The molecule has 31 heavy (non-hydrogen) atoms. The Morgan fingerprint density at radius 1 is 1.13 bits per heavy atom. The standard InChI is InChI=1S/C20H15ClF2N8/c1-30(19-13-4-3-12(21)8-15(13)31(10-24)20(25)29-19)16-6-7-26-18(28-16)11-2-5-14(17(22)23)27-9-11/h2-10,17,24-25H,1H3. The van der Waals surface area contributed by atoms with E-state index >= 15 is 0 Å². The SMILES string of the molecule is CN(c1ccnc(-c2ccc(C(F)F)nc2)n1)c1nc(=N)n(C=N)c2cc(Cl)ccc12. The van der Waals surface area contributed by atoms with Crippen molar-refractivity contribution < 1.29 is 8.78 Å². The van der Waals surface area contributed by atoms with Gasteiger partial charge in [0.05, 0.1) is 11.9 Å². The maximum Gasteiger partial charge on any atom is 0.280 e. The molecule has 11 heteroatoms. The van der Waals surface area contributed by atoms with Crippen LogP contribution in [0.1, 0.15) is 12.1 Å². The third-order valence-corrected chi connectivity index (χ3v) is 4.83. The highest BCUT2D eigenvalue weighted by Gasteiger charge is 2.16. The third kappa shape index (κ3) is 3.84. The summed E-state index contributed by atoms with van der Waals surface area (Å²) in [7, 11) is 1.73. The Balaban J connectivity index is 1.80. The molecule has 4 rings (SSSR count). The number of nitrogens with one attached hydrogen (secondary N) is 2. The van der Waals surface area contributed by atoms with Crippen molar-refractivity contribution in [3.05, 3.63) is 65.1 Å². The summed E-state index contributed by atoms with van der Waals surface area (Å²) in [6.07, 6.45) is 1.18. The molecule has 3 heterocycles. The monoisotopic (exact) mass is 440 g/mol. The third-order valence-electron chi connectivity index (χ3n) is 4.60. The fraction of sp³-hybridized carbons (Fsp3) is 0.100. The van der Waals surface area contributed by atoms with Crippen LogP contribution in [0, 0.1) is 10.8 Å². The van der Waals surface area contributed by atoms with E-state index in [-0.39, 0.29) is 11.3 Å². The first-order chi connectivity index (χ1) is 14.9. The molecular weight excluding hydrogens is 426 g/mol. The van der Waals surface area contributed by atoms with Gasteiger partial charge in [-0.25, -0.2) is 18.7 Å². The van der Waals surface area contributed by atoms with Gasteiger partial charge < -0.3 is 4.90 Å². The van der Waals surface area contributed by atoms with Crippen LogP contribution < -0.4 is 10.5 Å². The van der Waals surface area contributed by atoms with Gasteiger partial charge in [0.1, 0.15) is 17.3 Å². The number of rotatable bonds is 5. The van der Waals surface area contributed by atoms with Gasteiger partial charge in [-0.2, -0.15) is 4.98 Å². The Kier molecular flexibility index (Phi) is 5.38. The van der Waals surface area contributed by atoms with Crippen molar-refractivity contribution in [3.8, 4) is 11.4 Å². The molecule has 4 aromatic rings. The van der Waals surface area contributed by atoms with Crippen molar-refractivity contribution in [2.75, 3.05) is 11.9 Å². The molecule has 0 saturated carbocycles. The van der Waals surface area contributed by atoms with Gasteiger partial charge in [0.2, 0.25) is 5.62 Å². The molecule has 0 aliphatic carbocycles. The largest absolute Gasteiger partial charge is 0.313 e. The number of nitrogens with zero attached hydrogens (tertiary/aromatic N) is 6. The molecule has 0 aliphatic heterocycles. The summed E-state index contributed by atoms with van der Waals surface area (Å²) in [6.45, 7) is 0.